The monoisotopic (exact) mass is 229 g/mol. The molecule has 3 nitrogen and oxygen atoms in total. The van der Waals surface area contributed by atoms with Gasteiger partial charge in [0.15, 0.2) is 0 Å². The molecule has 0 bridgehead atoms. The quantitative estimate of drug-likeness (QED) is 0.757. The van der Waals surface area contributed by atoms with Crippen molar-refractivity contribution in [1.82, 2.24) is 0 Å². The van der Waals surface area contributed by atoms with Crippen LogP contribution >= 0.6 is 12.4 Å². The smallest absolute Gasteiger partial charge is 0.320 e. The number of alkyl halides is 2. The summed E-state index contributed by atoms with van der Waals surface area (Å²) in [6.45, 7) is 0. The Kier molecular flexibility index (Phi) is 4.74. The summed E-state index contributed by atoms with van der Waals surface area (Å²) >= 11 is 0. The molecule has 0 heterocycles. The highest BCUT2D eigenvalue weighted by molar-refractivity contribution is 5.85. The number of carboxylic acids is 1. The van der Waals surface area contributed by atoms with E-state index >= 15 is 0 Å². The van der Waals surface area contributed by atoms with Crippen LogP contribution in [-0.2, 0) is 4.79 Å². The first-order valence-electron chi connectivity index (χ1n) is 4.28. The molecule has 1 rings (SSSR count). The molecule has 1 saturated carbocycles. The molecular formula is C8H14ClF2NO2. The summed E-state index contributed by atoms with van der Waals surface area (Å²) in [6, 6.07) is -0.990. The third-order valence-electron chi connectivity index (χ3n) is 2.55. The van der Waals surface area contributed by atoms with E-state index in [2.05, 4.69) is 0 Å². The molecule has 6 heteroatoms. The second kappa shape index (κ2) is 4.89. The van der Waals surface area contributed by atoms with E-state index in [1.807, 2.05) is 0 Å². The van der Waals surface area contributed by atoms with Crippen molar-refractivity contribution in [3.8, 4) is 0 Å². The van der Waals surface area contributed by atoms with Gasteiger partial charge in [-0.3, -0.25) is 4.79 Å². The van der Waals surface area contributed by atoms with Crippen LogP contribution in [0.4, 0.5) is 8.78 Å². The maximum absolute atomic E-state index is 12.7. The molecule has 0 saturated heterocycles. The number of halogens is 3. The van der Waals surface area contributed by atoms with Crippen LogP contribution in [0, 0.1) is 5.92 Å². The second-order valence-corrected chi connectivity index (χ2v) is 3.56. The normalized spacial score (nSPS) is 23.6. The lowest BCUT2D eigenvalue weighted by Crippen LogP contribution is -2.41. The average Bonchev–Trinajstić information content (AvgIpc) is 2.03. The van der Waals surface area contributed by atoms with Crippen LogP contribution in [0.25, 0.3) is 0 Å². The predicted octanol–water partition coefficient (Wildman–Crippen LogP) is 1.65. The molecule has 0 aliphatic heterocycles. The zero-order valence-electron chi connectivity index (χ0n) is 7.58. The number of hydrogen-bond acceptors (Lipinski definition) is 2. The molecule has 1 aliphatic carbocycles. The molecule has 1 unspecified atom stereocenters. The number of hydrogen-bond donors (Lipinski definition) is 2. The Bertz CT molecular complexity index is 204. The number of aliphatic carboxylic acids is 1. The van der Waals surface area contributed by atoms with Crippen molar-refractivity contribution in [3.63, 3.8) is 0 Å². The van der Waals surface area contributed by atoms with Crippen molar-refractivity contribution in [3.05, 3.63) is 0 Å². The van der Waals surface area contributed by atoms with E-state index < -0.39 is 17.9 Å². The first-order chi connectivity index (χ1) is 5.92. The van der Waals surface area contributed by atoms with E-state index in [0.717, 1.165) is 0 Å². The van der Waals surface area contributed by atoms with Crippen LogP contribution in [0.15, 0.2) is 0 Å². The van der Waals surface area contributed by atoms with Crippen LogP contribution in [0.2, 0.25) is 0 Å². The Morgan fingerprint density at radius 2 is 1.86 bits per heavy atom. The zero-order chi connectivity index (χ0) is 10.1. The van der Waals surface area contributed by atoms with Crippen molar-refractivity contribution >= 4 is 18.4 Å². The van der Waals surface area contributed by atoms with Gasteiger partial charge >= 0.3 is 5.97 Å². The molecule has 1 atom stereocenters. The Hall–Kier alpha value is -0.420. The Morgan fingerprint density at radius 3 is 2.21 bits per heavy atom. The van der Waals surface area contributed by atoms with Crippen molar-refractivity contribution in [2.75, 3.05) is 0 Å². The van der Waals surface area contributed by atoms with Crippen molar-refractivity contribution in [2.24, 2.45) is 11.7 Å². The van der Waals surface area contributed by atoms with Crippen LogP contribution in [0.5, 0.6) is 0 Å². The van der Waals surface area contributed by atoms with Crippen molar-refractivity contribution in [2.45, 2.75) is 37.6 Å². The van der Waals surface area contributed by atoms with Crippen LogP contribution in [0.1, 0.15) is 25.7 Å². The van der Waals surface area contributed by atoms with Crippen molar-refractivity contribution in [1.29, 1.82) is 0 Å². The predicted molar refractivity (Wildman–Crippen MR) is 49.8 cm³/mol. The fourth-order valence-electron chi connectivity index (χ4n) is 1.62. The minimum absolute atomic E-state index is 0. The summed E-state index contributed by atoms with van der Waals surface area (Å²) in [5.41, 5.74) is 5.34. The minimum atomic E-state index is -2.62. The maximum Gasteiger partial charge on any atom is 0.320 e. The van der Waals surface area contributed by atoms with Crippen molar-refractivity contribution < 1.29 is 18.7 Å². The molecule has 0 aromatic rings. The minimum Gasteiger partial charge on any atom is -0.480 e. The summed E-state index contributed by atoms with van der Waals surface area (Å²) in [5.74, 6) is -4.01. The van der Waals surface area contributed by atoms with E-state index in [9.17, 15) is 13.6 Å². The van der Waals surface area contributed by atoms with Gasteiger partial charge in [-0.15, -0.1) is 12.4 Å². The van der Waals surface area contributed by atoms with Gasteiger partial charge in [0.05, 0.1) is 0 Å². The van der Waals surface area contributed by atoms with E-state index in [0.29, 0.717) is 0 Å². The average molecular weight is 230 g/mol. The van der Waals surface area contributed by atoms with E-state index in [-0.39, 0.29) is 44.0 Å². The van der Waals surface area contributed by atoms with Crippen LogP contribution < -0.4 is 5.73 Å². The molecular weight excluding hydrogens is 216 g/mol. The Balaban J connectivity index is 0.00000169. The van der Waals surface area contributed by atoms with Gasteiger partial charge in [-0.05, 0) is 18.8 Å². The summed E-state index contributed by atoms with van der Waals surface area (Å²) < 4.78 is 25.3. The van der Waals surface area contributed by atoms with Gasteiger partial charge in [0.25, 0.3) is 0 Å². The molecule has 0 aromatic carbocycles. The van der Waals surface area contributed by atoms with Gasteiger partial charge in [-0.1, -0.05) is 0 Å². The highest BCUT2D eigenvalue weighted by atomic mass is 35.5. The largest absolute Gasteiger partial charge is 0.480 e. The summed E-state index contributed by atoms with van der Waals surface area (Å²) in [6.07, 6.45) is -0.0573. The number of carbonyl (C=O) groups is 1. The van der Waals surface area contributed by atoms with Gasteiger partial charge < -0.3 is 10.8 Å². The lowest BCUT2D eigenvalue weighted by Gasteiger charge is -2.30. The molecule has 0 spiro atoms. The summed E-state index contributed by atoms with van der Waals surface area (Å²) in [5, 5.41) is 8.55. The number of rotatable bonds is 2. The number of nitrogens with two attached hydrogens (primary N) is 1. The SMILES string of the molecule is Cl.NC(C(=O)O)C1CCC(F)(F)CC1. The van der Waals surface area contributed by atoms with E-state index in [1.54, 1.807) is 0 Å². The van der Waals surface area contributed by atoms with Crippen LogP contribution in [0.3, 0.4) is 0 Å². The third-order valence-corrected chi connectivity index (χ3v) is 2.55. The number of carboxylic acid groups (broad SMARTS) is 1. The second-order valence-electron chi connectivity index (χ2n) is 3.56. The highest BCUT2D eigenvalue weighted by Gasteiger charge is 2.38. The topological polar surface area (TPSA) is 63.3 Å². The van der Waals surface area contributed by atoms with Crippen LogP contribution in [-0.4, -0.2) is 23.0 Å². The molecule has 0 aromatic heterocycles. The fraction of sp³-hybridized carbons (Fsp3) is 0.875. The van der Waals surface area contributed by atoms with Gasteiger partial charge in [0.2, 0.25) is 5.92 Å². The van der Waals surface area contributed by atoms with Gasteiger partial charge in [-0.25, -0.2) is 8.78 Å². The molecule has 1 aliphatic rings. The molecule has 84 valence electrons. The molecule has 3 N–H and O–H groups in total. The summed E-state index contributed by atoms with van der Waals surface area (Å²) in [4.78, 5) is 10.4. The summed E-state index contributed by atoms with van der Waals surface area (Å²) in [7, 11) is 0. The van der Waals surface area contributed by atoms with E-state index in [1.165, 1.54) is 0 Å². The van der Waals surface area contributed by atoms with Gasteiger partial charge in [0.1, 0.15) is 6.04 Å². The lowest BCUT2D eigenvalue weighted by atomic mass is 9.82. The third kappa shape index (κ3) is 3.38. The molecule has 0 radical (unpaired) electrons. The fourth-order valence-corrected chi connectivity index (χ4v) is 1.62. The van der Waals surface area contributed by atoms with Gasteiger partial charge in [0, 0.05) is 12.8 Å². The first-order valence-corrected chi connectivity index (χ1v) is 4.28. The standard InChI is InChI=1S/C8H13F2NO2.ClH/c9-8(10)3-1-5(2-4-8)6(11)7(12)13;/h5-6H,1-4,11H2,(H,12,13);1H. The Morgan fingerprint density at radius 1 is 1.43 bits per heavy atom. The highest BCUT2D eigenvalue weighted by Crippen LogP contribution is 2.36. The zero-order valence-corrected chi connectivity index (χ0v) is 8.40. The lowest BCUT2D eigenvalue weighted by molar-refractivity contribution is -0.141. The van der Waals surface area contributed by atoms with Gasteiger partial charge in [-0.2, -0.15) is 0 Å². The molecule has 0 amide bonds. The maximum atomic E-state index is 12.7. The Labute approximate surface area is 87.1 Å². The van der Waals surface area contributed by atoms with E-state index in [4.69, 9.17) is 10.8 Å². The molecule has 14 heavy (non-hydrogen) atoms. The molecule has 1 fully saturated rings. The first kappa shape index (κ1) is 13.6.